The number of rotatable bonds is 3. The molecular formula is C19H17N3O4S. The van der Waals surface area contributed by atoms with Gasteiger partial charge in [0.05, 0.1) is 10.8 Å². The van der Waals surface area contributed by atoms with Gasteiger partial charge in [0.2, 0.25) is 18.6 Å². The van der Waals surface area contributed by atoms with E-state index in [4.69, 9.17) is 13.9 Å². The number of nitrogens with zero attached hydrogens (tertiary/aromatic N) is 3. The molecule has 0 unspecified atom stereocenters. The van der Waals surface area contributed by atoms with Gasteiger partial charge in [0.25, 0.3) is 5.91 Å². The average Bonchev–Trinajstić information content (AvgIpc) is 3.48. The van der Waals surface area contributed by atoms with Gasteiger partial charge in [-0.3, -0.25) is 4.79 Å². The van der Waals surface area contributed by atoms with Gasteiger partial charge in [-0.05, 0) is 42.5 Å². The first-order chi connectivity index (χ1) is 13.3. The first-order valence-corrected chi connectivity index (χ1v) is 9.72. The summed E-state index contributed by atoms with van der Waals surface area (Å²) in [4.78, 5) is 15.3. The third-order valence-corrected chi connectivity index (χ3v) is 5.71. The molecule has 5 rings (SSSR count). The lowest BCUT2D eigenvalue weighted by Crippen LogP contribution is -2.38. The van der Waals surface area contributed by atoms with E-state index in [-0.39, 0.29) is 18.6 Å². The van der Waals surface area contributed by atoms with Crippen LogP contribution in [-0.4, -0.2) is 40.9 Å². The highest BCUT2D eigenvalue weighted by molar-refractivity contribution is 7.12. The van der Waals surface area contributed by atoms with Gasteiger partial charge < -0.3 is 18.8 Å². The molecule has 1 fully saturated rings. The van der Waals surface area contributed by atoms with E-state index in [1.807, 2.05) is 40.6 Å². The van der Waals surface area contributed by atoms with E-state index >= 15 is 0 Å². The number of thiophene rings is 1. The second-order valence-electron chi connectivity index (χ2n) is 6.58. The number of aromatic nitrogens is 2. The summed E-state index contributed by atoms with van der Waals surface area (Å²) in [7, 11) is 0. The maximum absolute atomic E-state index is 12.6. The second kappa shape index (κ2) is 6.70. The van der Waals surface area contributed by atoms with Gasteiger partial charge in [0.1, 0.15) is 0 Å². The molecule has 1 saturated heterocycles. The Morgan fingerprint density at radius 1 is 1.19 bits per heavy atom. The monoisotopic (exact) mass is 383 g/mol. The van der Waals surface area contributed by atoms with Crippen molar-refractivity contribution in [2.45, 2.75) is 18.8 Å². The molecule has 2 aliphatic rings. The van der Waals surface area contributed by atoms with Crippen molar-refractivity contribution < 1.29 is 18.7 Å². The Morgan fingerprint density at radius 2 is 2.11 bits per heavy atom. The van der Waals surface area contributed by atoms with Crippen molar-refractivity contribution in [3.05, 3.63) is 46.5 Å². The number of piperidine rings is 1. The smallest absolute Gasteiger partial charge is 0.263 e. The zero-order valence-electron chi connectivity index (χ0n) is 14.5. The second-order valence-corrected chi connectivity index (χ2v) is 7.53. The van der Waals surface area contributed by atoms with E-state index in [1.165, 1.54) is 11.3 Å². The summed E-state index contributed by atoms with van der Waals surface area (Å²) in [5, 5.41) is 10.4. The summed E-state index contributed by atoms with van der Waals surface area (Å²) < 4.78 is 16.7. The molecule has 2 aliphatic heterocycles. The maximum Gasteiger partial charge on any atom is 0.263 e. The summed E-state index contributed by atoms with van der Waals surface area (Å²) in [6.07, 6.45) is 1.85. The Bertz CT molecular complexity index is 969. The highest BCUT2D eigenvalue weighted by Gasteiger charge is 2.29. The highest BCUT2D eigenvalue weighted by Crippen LogP contribution is 2.36. The van der Waals surface area contributed by atoms with E-state index in [0.29, 0.717) is 29.8 Å². The number of ether oxygens (including phenoxy) is 2. The SMILES string of the molecule is O=C(c1cccs1)N1CCC[C@@H](c2nnc(-c3ccc4c(c3)OCO4)o2)C1. The fourth-order valence-electron chi connectivity index (χ4n) is 3.47. The molecule has 138 valence electrons. The van der Waals surface area contributed by atoms with Crippen LogP contribution < -0.4 is 9.47 Å². The standard InChI is InChI=1S/C19H17N3O4S/c23-19(16-4-2-8-27-16)22-7-1-3-13(10-22)18-21-20-17(26-18)12-5-6-14-15(9-12)25-11-24-14/h2,4-6,8-9,13H,1,3,7,10-11H2/t13-/m1/s1. The van der Waals surface area contributed by atoms with Gasteiger partial charge in [-0.2, -0.15) is 0 Å². The number of benzene rings is 1. The van der Waals surface area contributed by atoms with Gasteiger partial charge in [-0.15, -0.1) is 21.5 Å². The van der Waals surface area contributed by atoms with Crippen LogP contribution >= 0.6 is 11.3 Å². The molecule has 8 heteroatoms. The zero-order valence-corrected chi connectivity index (χ0v) is 15.3. The fourth-order valence-corrected chi connectivity index (χ4v) is 4.16. The van der Waals surface area contributed by atoms with Gasteiger partial charge >= 0.3 is 0 Å². The first kappa shape index (κ1) is 16.3. The van der Waals surface area contributed by atoms with E-state index in [1.54, 1.807) is 0 Å². The predicted molar refractivity (Wildman–Crippen MR) is 98.1 cm³/mol. The molecule has 2 aromatic heterocycles. The number of hydrogen-bond acceptors (Lipinski definition) is 7. The molecule has 0 N–H and O–H groups in total. The van der Waals surface area contributed by atoms with Crippen LogP contribution in [0.25, 0.3) is 11.5 Å². The summed E-state index contributed by atoms with van der Waals surface area (Å²) in [6, 6.07) is 9.31. The molecule has 1 amide bonds. The van der Waals surface area contributed by atoms with Crippen LogP contribution in [0.15, 0.2) is 40.1 Å². The lowest BCUT2D eigenvalue weighted by Gasteiger charge is -2.30. The Labute approximate surface area is 159 Å². The molecule has 0 bridgehead atoms. The summed E-state index contributed by atoms with van der Waals surface area (Å²) in [5.41, 5.74) is 0.792. The van der Waals surface area contributed by atoms with E-state index in [2.05, 4.69) is 10.2 Å². The Hall–Kier alpha value is -2.87. The number of amides is 1. The molecule has 7 nitrogen and oxygen atoms in total. The van der Waals surface area contributed by atoms with Crippen LogP contribution in [-0.2, 0) is 0 Å². The molecule has 3 aromatic rings. The molecular weight excluding hydrogens is 366 g/mol. The third-order valence-electron chi connectivity index (χ3n) is 4.85. The lowest BCUT2D eigenvalue weighted by molar-refractivity contribution is 0.0703. The van der Waals surface area contributed by atoms with Gasteiger partial charge in [-0.25, -0.2) is 0 Å². The van der Waals surface area contributed by atoms with Crippen molar-refractivity contribution in [2.75, 3.05) is 19.9 Å². The summed E-state index contributed by atoms with van der Waals surface area (Å²) in [6.45, 7) is 1.58. The number of carbonyl (C=O) groups excluding carboxylic acids is 1. The van der Waals surface area contributed by atoms with E-state index < -0.39 is 0 Å². The zero-order chi connectivity index (χ0) is 18.2. The first-order valence-electron chi connectivity index (χ1n) is 8.84. The van der Waals surface area contributed by atoms with Gasteiger partial charge in [-0.1, -0.05) is 6.07 Å². The van der Waals surface area contributed by atoms with Crippen molar-refractivity contribution in [1.29, 1.82) is 0 Å². The Balaban J connectivity index is 1.34. The van der Waals surface area contributed by atoms with Crippen LogP contribution in [0.3, 0.4) is 0 Å². The summed E-state index contributed by atoms with van der Waals surface area (Å²) in [5.74, 6) is 2.55. The van der Waals surface area contributed by atoms with Crippen molar-refractivity contribution in [1.82, 2.24) is 15.1 Å². The predicted octanol–water partition coefficient (Wildman–Crippen LogP) is 3.55. The van der Waals surface area contributed by atoms with Crippen LogP contribution in [0.1, 0.15) is 34.3 Å². The van der Waals surface area contributed by atoms with E-state index in [0.717, 1.165) is 29.8 Å². The van der Waals surface area contributed by atoms with Crippen molar-refractivity contribution >= 4 is 17.2 Å². The Kier molecular flexibility index (Phi) is 4.05. The third kappa shape index (κ3) is 3.06. The molecule has 0 aliphatic carbocycles. The van der Waals surface area contributed by atoms with Gasteiger partial charge in [0.15, 0.2) is 11.5 Å². The number of fused-ring (bicyclic) bond motifs is 1. The minimum atomic E-state index is 0.0536. The van der Waals surface area contributed by atoms with Crippen LogP contribution in [0.5, 0.6) is 11.5 Å². The quantitative estimate of drug-likeness (QED) is 0.688. The normalized spacial score (nSPS) is 18.7. The topological polar surface area (TPSA) is 77.7 Å². The molecule has 0 saturated carbocycles. The van der Waals surface area contributed by atoms with Crippen molar-refractivity contribution in [2.24, 2.45) is 0 Å². The number of carbonyl (C=O) groups is 1. The summed E-state index contributed by atoms with van der Waals surface area (Å²) >= 11 is 1.47. The van der Waals surface area contributed by atoms with Crippen LogP contribution in [0, 0.1) is 0 Å². The minimum absolute atomic E-state index is 0.0536. The molecule has 4 heterocycles. The molecule has 27 heavy (non-hydrogen) atoms. The molecule has 1 atom stereocenters. The largest absolute Gasteiger partial charge is 0.454 e. The average molecular weight is 383 g/mol. The molecule has 0 radical (unpaired) electrons. The highest BCUT2D eigenvalue weighted by atomic mass is 32.1. The van der Waals surface area contributed by atoms with Crippen molar-refractivity contribution in [3.63, 3.8) is 0 Å². The van der Waals surface area contributed by atoms with Crippen LogP contribution in [0.2, 0.25) is 0 Å². The molecule has 0 spiro atoms. The molecule has 1 aromatic carbocycles. The lowest BCUT2D eigenvalue weighted by atomic mass is 9.98. The van der Waals surface area contributed by atoms with Crippen molar-refractivity contribution in [3.8, 4) is 23.0 Å². The Morgan fingerprint density at radius 3 is 3.00 bits per heavy atom. The van der Waals surface area contributed by atoms with Crippen LogP contribution in [0.4, 0.5) is 0 Å². The fraction of sp³-hybridized carbons (Fsp3) is 0.316. The number of likely N-dealkylation sites (tertiary alicyclic amines) is 1. The number of hydrogen-bond donors (Lipinski definition) is 0. The van der Waals surface area contributed by atoms with E-state index in [9.17, 15) is 4.79 Å². The maximum atomic E-state index is 12.6. The minimum Gasteiger partial charge on any atom is -0.454 e. The van der Waals surface area contributed by atoms with Gasteiger partial charge in [0, 0.05) is 18.7 Å².